The van der Waals surface area contributed by atoms with E-state index >= 15 is 0 Å². The first-order valence-corrected chi connectivity index (χ1v) is 7.08. The smallest absolute Gasteiger partial charge is 0.0718 e. The normalized spacial score (nSPS) is 20.1. The number of hydrogen-bond acceptors (Lipinski definition) is 3. The van der Waals surface area contributed by atoms with Gasteiger partial charge in [-0.25, -0.2) is 0 Å². The summed E-state index contributed by atoms with van der Waals surface area (Å²) >= 11 is 0. The number of likely N-dealkylation sites (tertiary alicyclic amines) is 1. The molecule has 102 valence electrons. The van der Waals surface area contributed by atoms with Gasteiger partial charge in [0.1, 0.15) is 0 Å². The molecular weight excluding hydrogens is 212 g/mol. The molecule has 1 saturated heterocycles. The van der Waals surface area contributed by atoms with Crippen LogP contribution < -0.4 is 0 Å². The van der Waals surface area contributed by atoms with E-state index in [4.69, 9.17) is 0 Å². The molecule has 0 aliphatic carbocycles. The first-order valence-electron chi connectivity index (χ1n) is 7.08. The highest BCUT2D eigenvalue weighted by molar-refractivity contribution is 4.74. The van der Waals surface area contributed by atoms with Gasteiger partial charge in [0.2, 0.25) is 0 Å². The van der Waals surface area contributed by atoms with Gasteiger partial charge < -0.3 is 10.0 Å². The predicted octanol–water partition coefficient (Wildman–Crippen LogP) is 1.81. The molecule has 17 heavy (non-hydrogen) atoms. The lowest BCUT2D eigenvalue weighted by atomic mass is 9.99. The zero-order valence-corrected chi connectivity index (χ0v) is 12.1. The van der Waals surface area contributed by atoms with Gasteiger partial charge in [-0.3, -0.25) is 4.90 Å². The summed E-state index contributed by atoms with van der Waals surface area (Å²) < 4.78 is 0. The average Bonchev–Trinajstić information content (AvgIpc) is 2.25. The molecule has 0 radical (unpaired) electrons. The standard InChI is InChI=1S/C14H30N2O/c1-5-15(12-14(3,4)17)10-11-16-8-6-13(2)7-9-16/h13,17H,5-12H2,1-4H3. The first-order chi connectivity index (χ1) is 7.90. The highest BCUT2D eigenvalue weighted by atomic mass is 16.3. The summed E-state index contributed by atoms with van der Waals surface area (Å²) in [6, 6.07) is 0. The topological polar surface area (TPSA) is 26.7 Å². The maximum Gasteiger partial charge on any atom is 0.0718 e. The van der Waals surface area contributed by atoms with Crippen molar-refractivity contribution >= 4 is 0 Å². The lowest BCUT2D eigenvalue weighted by molar-refractivity contribution is 0.0334. The fourth-order valence-corrected chi connectivity index (χ4v) is 2.46. The zero-order valence-electron chi connectivity index (χ0n) is 12.1. The van der Waals surface area contributed by atoms with Crippen molar-refractivity contribution < 1.29 is 5.11 Å². The van der Waals surface area contributed by atoms with Gasteiger partial charge in [0.25, 0.3) is 0 Å². The van der Waals surface area contributed by atoms with E-state index in [2.05, 4.69) is 23.6 Å². The second-order valence-electron chi connectivity index (χ2n) is 6.21. The minimum atomic E-state index is -0.577. The van der Waals surface area contributed by atoms with E-state index < -0.39 is 5.60 Å². The Balaban J connectivity index is 2.23. The van der Waals surface area contributed by atoms with Crippen LogP contribution >= 0.6 is 0 Å². The molecule has 0 amide bonds. The third kappa shape index (κ3) is 6.39. The minimum absolute atomic E-state index is 0.577. The van der Waals surface area contributed by atoms with Gasteiger partial charge in [-0.1, -0.05) is 13.8 Å². The van der Waals surface area contributed by atoms with Crippen molar-refractivity contribution in [3.63, 3.8) is 0 Å². The molecule has 0 aromatic rings. The lowest BCUT2D eigenvalue weighted by Crippen LogP contribution is -2.44. The number of piperidine rings is 1. The van der Waals surface area contributed by atoms with Gasteiger partial charge in [-0.05, 0) is 52.2 Å². The van der Waals surface area contributed by atoms with Crippen LogP contribution in [-0.2, 0) is 0 Å². The number of aliphatic hydroxyl groups is 1. The van der Waals surface area contributed by atoms with Crippen molar-refractivity contribution in [2.45, 2.75) is 46.1 Å². The van der Waals surface area contributed by atoms with Gasteiger partial charge in [-0.15, -0.1) is 0 Å². The molecule has 3 heteroatoms. The number of likely N-dealkylation sites (N-methyl/N-ethyl adjacent to an activating group) is 1. The Morgan fingerprint density at radius 1 is 1.29 bits per heavy atom. The van der Waals surface area contributed by atoms with E-state index in [1.165, 1.54) is 25.9 Å². The van der Waals surface area contributed by atoms with Gasteiger partial charge in [0.15, 0.2) is 0 Å². The summed E-state index contributed by atoms with van der Waals surface area (Å²) in [4.78, 5) is 4.91. The van der Waals surface area contributed by atoms with Crippen LogP contribution in [0.1, 0.15) is 40.5 Å². The fourth-order valence-electron chi connectivity index (χ4n) is 2.46. The Labute approximate surface area is 107 Å². The fraction of sp³-hybridized carbons (Fsp3) is 1.00. The molecule has 3 nitrogen and oxygen atoms in total. The molecule has 1 aliphatic rings. The quantitative estimate of drug-likeness (QED) is 0.769. The van der Waals surface area contributed by atoms with Crippen LogP contribution in [0.15, 0.2) is 0 Å². The summed E-state index contributed by atoms with van der Waals surface area (Å²) in [6.07, 6.45) is 2.69. The molecule has 1 N–H and O–H groups in total. The second-order valence-corrected chi connectivity index (χ2v) is 6.21. The molecule has 1 heterocycles. The third-order valence-corrected chi connectivity index (χ3v) is 3.67. The highest BCUT2D eigenvalue weighted by Crippen LogP contribution is 2.15. The molecule has 0 saturated carbocycles. The van der Waals surface area contributed by atoms with Crippen molar-refractivity contribution in [1.29, 1.82) is 0 Å². The molecule has 0 aromatic heterocycles. The summed E-state index contributed by atoms with van der Waals surface area (Å²) in [7, 11) is 0. The maximum atomic E-state index is 9.84. The Bertz CT molecular complexity index is 205. The van der Waals surface area contributed by atoms with E-state index in [9.17, 15) is 5.11 Å². The molecule has 0 spiro atoms. The number of rotatable bonds is 6. The number of hydrogen-bond donors (Lipinski definition) is 1. The number of nitrogens with zero attached hydrogens (tertiary/aromatic N) is 2. The van der Waals surface area contributed by atoms with E-state index in [0.29, 0.717) is 0 Å². The molecule has 0 aromatic carbocycles. The van der Waals surface area contributed by atoms with Crippen molar-refractivity contribution in [3.05, 3.63) is 0 Å². The maximum absolute atomic E-state index is 9.84. The van der Waals surface area contributed by atoms with E-state index in [1.54, 1.807) is 0 Å². The molecular formula is C14H30N2O. The van der Waals surface area contributed by atoms with E-state index in [1.807, 2.05) is 13.8 Å². The van der Waals surface area contributed by atoms with Crippen molar-refractivity contribution in [2.75, 3.05) is 39.3 Å². The van der Waals surface area contributed by atoms with Crippen LogP contribution in [0.5, 0.6) is 0 Å². The highest BCUT2D eigenvalue weighted by Gasteiger charge is 2.19. The first kappa shape index (κ1) is 14.9. The molecule has 1 fully saturated rings. The van der Waals surface area contributed by atoms with Crippen LogP contribution in [0, 0.1) is 5.92 Å². The summed E-state index contributed by atoms with van der Waals surface area (Å²) in [5.74, 6) is 0.907. The van der Waals surface area contributed by atoms with Crippen LogP contribution in [0.3, 0.4) is 0 Å². The van der Waals surface area contributed by atoms with Crippen LogP contribution in [-0.4, -0.2) is 59.8 Å². The molecule has 0 unspecified atom stereocenters. The second kappa shape index (κ2) is 6.72. The Hall–Kier alpha value is -0.120. The molecule has 1 aliphatic heterocycles. The average molecular weight is 242 g/mol. The van der Waals surface area contributed by atoms with Crippen LogP contribution in [0.25, 0.3) is 0 Å². The monoisotopic (exact) mass is 242 g/mol. The SMILES string of the molecule is CCN(CCN1CCC(C)CC1)CC(C)(C)O. The van der Waals surface area contributed by atoms with Crippen molar-refractivity contribution in [1.82, 2.24) is 9.80 Å². The third-order valence-electron chi connectivity index (χ3n) is 3.67. The summed E-state index contributed by atoms with van der Waals surface area (Å²) in [6.45, 7) is 14.8. The summed E-state index contributed by atoms with van der Waals surface area (Å²) in [5, 5.41) is 9.84. The van der Waals surface area contributed by atoms with Gasteiger partial charge >= 0.3 is 0 Å². The Morgan fingerprint density at radius 2 is 1.88 bits per heavy atom. The van der Waals surface area contributed by atoms with Crippen LogP contribution in [0.2, 0.25) is 0 Å². The Morgan fingerprint density at radius 3 is 2.35 bits per heavy atom. The lowest BCUT2D eigenvalue weighted by Gasteiger charge is -2.33. The minimum Gasteiger partial charge on any atom is -0.389 e. The summed E-state index contributed by atoms with van der Waals surface area (Å²) in [5.41, 5.74) is -0.577. The zero-order chi connectivity index (χ0) is 12.9. The molecule has 0 bridgehead atoms. The van der Waals surface area contributed by atoms with Crippen molar-refractivity contribution in [3.8, 4) is 0 Å². The largest absolute Gasteiger partial charge is 0.389 e. The van der Waals surface area contributed by atoms with E-state index in [0.717, 1.165) is 32.1 Å². The van der Waals surface area contributed by atoms with E-state index in [-0.39, 0.29) is 0 Å². The Kier molecular flexibility index (Phi) is 5.90. The van der Waals surface area contributed by atoms with Crippen molar-refractivity contribution in [2.24, 2.45) is 5.92 Å². The van der Waals surface area contributed by atoms with Gasteiger partial charge in [-0.2, -0.15) is 0 Å². The predicted molar refractivity (Wildman–Crippen MR) is 73.2 cm³/mol. The molecule has 1 rings (SSSR count). The van der Waals surface area contributed by atoms with Crippen LogP contribution in [0.4, 0.5) is 0 Å². The molecule has 0 atom stereocenters. The van der Waals surface area contributed by atoms with Gasteiger partial charge in [0, 0.05) is 19.6 Å². The van der Waals surface area contributed by atoms with Gasteiger partial charge in [0.05, 0.1) is 5.60 Å².